The number of urea groups is 1. The van der Waals surface area contributed by atoms with Crippen LogP contribution in [0.3, 0.4) is 0 Å². The van der Waals surface area contributed by atoms with Crippen molar-refractivity contribution >= 4 is 16.1 Å². The van der Waals surface area contributed by atoms with Gasteiger partial charge in [-0.15, -0.1) is 0 Å². The lowest BCUT2D eigenvalue weighted by molar-refractivity contribution is 0.134. The minimum absolute atomic E-state index is 0.158. The second-order valence-corrected chi connectivity index (χ2v) is 9.13. The summed E-state index contributed by atoms with van der Waals surface area (Å²) in [5.74, 6) is 0. The average molecular weight is 417 g/mol. The number of nitrogens with zero attached hydrogens (tertiary/aromatic N) is 2. The Kier molecular flexibility index (Phi) is 6.87. The molecule has 1 aromatic carbocycles. The molecule has 1 aromatic heterocycles. The third-order valence-corrected chi connectivity index (χ3v) is 5.80. The lowest BCUT2D eigenvalue weighted by Gasteiger charge is -2.41. The molecule has 1 saturated heterocycles. The molecule has 2 aromatic rings. The molecule has 7 nitrogen and oxygen atoms in total. The third-order valence-electron chi connectivity index (χ3n) is 5.07. The van der Waals surface area contributed by atoms with Gasteiger partial charge < -0.3 is 10.2 Å². The molecular weight excluding hydrogens is 388 g/mol. The van der Waals surface area contributed by atoms with Crippen molar-refractivity contribution in [2.45, 2.75) is 38.3 Å². The maximum Gasteiger partial charge on any atom is 0.317 e. The topological polar surface area (TPSA) is 91.4 Å². The van der Waals surface area contributed by atoms with E-state index in [4.69, 9.17) is 0 Å². The minimum Gasteiger partial charge on any atom is -0.338 e. The number of pyridine rings is 1. The van der Waals surface area contributed by atoms with Crippen molar-refractivity contribution < 1.29 is 13.2 Å². The Morgan fingerprint density at radius 1 is 1.24 bits per heavy atom. The number of likely N-dealkylation sites (tertiary alicyclic amines) is 1. The number of hydrogen-bond donors (Lipinski definition) is 2. The van der Waals surface area contributed by atoms with Gasteiger partial charge in [-0.25, -0.2) is 17.9 Å². The van der Waals surface area contributed by atoms with Gasteiger partial charge in [0.1, 0.15) is 0 Å². The summed E-state index contributed by atoms with van der Waals surface area (Å²) in [7, 11) is -3.38. The van der Waals surface area contributed by atoms with Crippen LogP contribution in [0.4, 0.5) is 4.79 Å². The van der Waals surface area contributed by atoms with E-state index in [-0.39, 0.29) is 18.1 Å². The van der Waals surface area contributed by atoms with Gasteiger partial charge in [0, 0.05) is 30.9 Å². The molecule has 8 heteroatoms. The van der Waals surface area contributed by atoms with E-state index in [9.17, 15) is 13.2 Å². The number of carbonyl (C=O) groups is 1. The molecule has 3 rings (SSSR count). The number of rotatable bonds is 6. The van der Waals surface area contributed by atoms with E-state index in [1.807, 2.05) is 49.4 Å². The van der Waals surface area contributed by atoms with Crippen LogP contribution >= 0.6 is 0 Å². The van der Waals surface area contributed by atoms with E-state index in [0.717, 1.165) is 29.5 Å². The molecule has 2 amide bonds. The van der Waals surface area contributed by atoms with Crippen molar-refractivity contribution in [3.63, 3.8) is 0 Å². The zero-order valence-corrected chi connectivity index (χ0v) is 17.7. The summed E-state index contributed by atoms with van der Waals surface area (Å²) >= 11 is 0. The zero-order chi connectivity index (χ0) is 20.9. The lowest BCUT2D eigenvalue weighted by atomic mass is 9.91. The molecule has 0 aliphatic carbocycles. The van der Waals surface area contributed by atoms with Crippen LogP contribution in [0.2, 0.25) is 0 Å². The van der Waals surface area contributed by atoms with Crippen molar-refractivity contribution in [2.75, 3.05) is 19.3 Å². The molecule has 2 unspecified atom stereocenters. The molecule has 0 radical (unpaired) electrons. The molecule has 29 heavy (non-hydrogen) atoms. The predicted octanol–water partition coefficient (Wildman–Crippen LogP) is 2.40. The van der Waals surface area contributed by atoms with Crippen LogP contribution in [0, 0.1) is 0 Å². The van der Waals surface area contributed by atoms with E-state index in [0.29, 0.717) is 25.9 Å². The first-order valence-corrected chi connectivity index (χ1v) is 11.8. The van der Waals surface area contributed by atoms with Gasteiger partial charge in [0.2, 0.25) is 10.0 Å². The fourth-order valence-corrected chi connectivity index (χ4v) is 4.66. The number of carbonyl (C=O) groups excluding carboxylic acids is 1. The molecule has 156 valence electrons. The van der Waals surface area contributed by atoms with Gasteiger partial charge in [-0.3, -0.25) is 4.98 Å². The zero-order valence-electron chi connectivity index (χ0n) is 16.8. The summed E-state index contributed by atoms with van der Waals surface area (Å²) in [6.07, 6.45) is 4.92. The quantitative estimate of drug-likeness (QED) is 0.756. The van der Waals surface area contributed by atoms with E-state index in [2.05, 4.69) is 15.0 Å². The molecule has 2 heterocycles. The summed E-state index contributed by atoms with van der Waals surface area (Å²) in [5.41, 5.74) is 2.89. The first-order chi connectivity index (χ1) is 13.9. The molecule has 1 aliphatic heterocycles. The Labute approximate surface area is 172 Å². The normalized spacial score (nSPS) is 19.7. The number of aromatic nitrogens is 1. The largest absolute Gasteiger partial charge is 0.338 e. The maximum absolute atomic E-state index is 12.6. The summed E-state index contributed by atoms with van der Waals surface area (Å²) in [6, 6.07) is 13.1. The molecule has 1 aliphatic rings. The van der Waals surface area contributed by atoms with Crippen molar-refractivity contribution in [1.82, 2.24) is 19.9 Å². The van der Waals surface area contributed by atoms with Crippen molar-refractivity contribution in [3.8, 4) is 11.3 Å². The summed E-state index contributed by atoms with van der Waals surface area (Å²) in [4.78, 5) is 18.8. The summed E-state index contributed by atoms with van der Waals surface area (Å²) in [5, 5.41) is 2.85. The predicted molar refractivity (Wildman–Crippen MR) is 114 cm³/mol. The van der Waals surface area contributed by atoms with E-state index in [1.54, 1.807) is 11.1 Å². The minimum atomic E-state index is -3.38. The monoisotopic (exact) mass is 416 g/mol. The first kappa shape index (κ1) is 21.3. The Balaban J connectivity index is 1.89. The molecule has 0 bridgehead atoms. The molecular formula is C21H28N4O3S. The Bertz CT molecular complexity index is 934. The van der Waals surface area contributed by atoms with Crippen LogP contribution < -0.4 is 10.0 Å². The van der Waals surface area contributed by atoms with Crippen molar-refractivity contribution in [3.05, 3.63) is 54.2 Å². The number of sulfonamides is 1. The average Bonchev–Trinajstić information content (AvgIpc) is 2.69. The van der Waals surface area contributed by atoms with Crippen LogP contribution in [0.25, 0.3) is 11.3 Å². The number of hydrogen-bond acceptors (Lipinski definition) is 4. The van der Waals surface area contributed by atoms with Gasteiger partial charge in [0.15, 0.2) is 0 Å². The fraction of sp³-hybridized carbons (Fsp3) is 0.429. The standard InChI is InChI=1S/C21H28N4O3S/c1-3-22-21(26)25-13-7-10-18(24-29(2,27)28)20(25)15-16-11-12-23-19(14-16)17-8-5-4-6-9-17/h4-6,8-9,11-12,14,18,20,24H,3,7,10,13,15H2,1-2H3,(H,22,26). The number of piperidine rings is 1. The molecule has 2 N–H and O–H groups in total. The molecule has 1 fully saturated rings. The van der Waals surface area contributed by atoms with Crippen LogP contribution in [0.1, 0.15) is 25.3 Å². The van der Waals surface area contributed by atoms with Crippen LogP contribution in [0.15, 0.2) is 48.7 Å². The van der Waals surface area contributed by atoms with Gasteiger partial charge in [-0.05, 0) is 43.9 Å². The number of benzene rings is 1. The fourth-order valence-electron chi connectivity index (χ4n) is 3.84. The van der Waals surface area contributed by atoms with Gasteiger partial charge >= 0.3 is 6.03 Å². The first-order valence-electron chi connectivity index (χ1n) is 9.89. The summed E-state index contributed by atoms with van der Waals surface area (Å²) in [6.45, 7) is 3.01. The second-order valence-electron chi connectivity index (χ2n) is 7.35. The highest BCUT2D eigenvalue weighted by atomic mass is 32.2. The smallest absolute Gasteiger partial charge is 0.317 e. The maximum atomic E-state index is 12.6. The molecule has 0 spiro atoms. The second kappa shape index (κ2) is 9.37. The Morgan fingerprint density at radius 2 is 2.00 bits per heavy atom. The highest BCUT2D eigenvalue weighted by molar-refractivity contribution is 7.88. The Morgan fingerprint density at radius 3 is 2.69 bits per heavy atom. The number of amides is 2. The van der Waals surface area contributed by atoms with Gasteiger partial charge in [0.25, 0.3) is 0 Å². The molecule has 2 atom stereocenters. The van der Waals surface area contributed by atoms with Crippen LogP contribution in [0.5, 0.6) is 0 Å². The van der Waals surface area contributed by atoms with E-state index in [1.165, 1.54) is 0 Å². The van der Waals surface area contributed by atoms with E-state index >= 15 is 0 Å². The molecule has 0 saturated carbocycles. The van der Waals surface area contributed by atoms with Gasteiger partial charge in [-0.1, -0.05) is 30.3 Å². The number of nitrogens with one attached hydrogen (secondary N) is 2. The van der Waals surface area contributed by atoms with Crippen LogP contribution in [-0.4, -0.2) is 55.8 Å². The third kappa shape index (κ3) is 5.77. The Hall–Kier alpha value is -2.45. The van der Waals surface area contributed by atoms with Crippen LogP contribution in [-0.2, 0) is 16.4 Å². The van der Waals surface area contributed by atoms with Crippen molar-refractivity contribution in [2.24, 2.45) is 0 Å². The SMILES string of the molecule is CCNC(=O)N1CCCC(NS(C)(=O)=O)C1Cc1ccnc(-c2ccccc2)c1. The van der Waals surface area contributed by atoms with Gasteiger partial charge in [-0.2, -0.15) is 0 Å². The highest BCUT2D eigenvalue weighted by Gasteiger charge is 2.35. The van der Waals surface area contributed by atoms with E-state index < -0.39 is 10.0 Å². The highest BCUT2D eigenvalue weighted by Crippen LogP contribution is 2.24. The lowest BCUT2D eigenvalue weighted by Crippen LogP contribution is -2.59. The van der Waals surface area contributed by atoms with Gasteiger partial charge in [0.05, 0.1) is 18.0 Å². The summed E-state index contributed by atoms with van der Waals surface area (Å²) < 4.78 is 26.5. The van der Waals surface area contributed by atoms with Crippen molar-refractivity contribution in [1.29, 1.82) is 0 Å².